The van der Waals surface area contributed by atoms with Crippen LogP contribution in [0.25, 0.3) is 11.0 Å². The fourth-order valence-corrected chi connectivity index (χ4v) is 2.82. The fourth-order valence-electron chi connectivity index (χ4n) is 2.82. The summed E-state index contributed by atoms with van der Waals surface area (Å²) in [5.41, 5.74) is 0.539. The van der Waals surface area contributed by atoms with Gasteiger partial charge in [-0.25, -0.2) is 4.98 Å². The molecule has 0 amide bonds. The Morgan fingerprint density at radius 1 is 1.31 bits per heavy atom. The van der Waals surface area contributed by atoms with Gasteiger partial charge in [0.1, 0.15) is 5.82 Å². The average Bonchev–Trinajstić information content (AvgIpc) is 2.97. The maximum atomic E-state index is 12.2. The molecule has 0 saturated carbocycles. The summed E-state index contributed by atoms with van der Waals surface area (Å²) in [4.78, 5) is 30.0. The Labute approximate surface area is 149 Å². The number of H-pyrrole nitrogens is 1. The first kappa shape index (κ1) is 17.8. The third-order valence-corrected chi connectivity index (χ3v) is 4.22. The number of pyridine rings is 1. The topological polar surface area (TPSA) is 114 Å². The van der Waals surface area contributed by atoms with E-state index in [0.29, 0.717) is 16.9 Å². The van der Waals surface area contributed by atoms with Crippen molar-refractivity contribution in [2.45, 2.75) is 33.4 Å². The smallest absolute Gasteiger partial charge is 0.334 e. The summed E-state index contributed by atoms with van der Waals surface area (Å²) in [5.74, 6) is 0.483. The first-order valence-corrected chi connectivity index (χ1v) is 8.18. The molecule has 2 heterocycles. The lowest BCUT2D eigenvalue weighted by Crippen LogP contribution is -2.22. The number of rotatable bonds is 4. The van der Waals surface area contributed by atoms with E-state index in [1.165, 1.54) is 22.9 Å². The maximum absolute atomic E-state index is 12.2. The van der Waals surface area contributed by atoms with Gasteiger partial charge in [-0.05, 0) is 17.5 Å². The van der Waals surface area contributed by atoms with E-state index in [1.807, 2.05) is 39.0 Å². The van der Waals surface area contributed by atoms with Gasteiger partial charge >= 0.3 is 11.2 Å². The second-order valence-corrected chi connectivity index (χ2v) is 7.28. The molecule has 0 radical (unpaired) electrons. The van der Waals surface area contributed by atoms with Crippen molar-refractivity contribution in [1.29, 1.82) is 0 Å². The predicted molar refractivity (Wildman–Crippen MR) is 97.0 cm³/mol. The van der Waals surface area contributed by atoms with E-state index in [9.17, 15) is 20.0 Å². The molecule has 0 spiro atoms. The van der Waals surface area contributed by atoms with Crippen LogP contribution < -0.4 is 5.56 Å². The number of imidazole rings is 1. The van der Waals surface area contributed by atoms with Gasteiger partial charge in [-0.1, -0.05) is 32.9 Å². The van der Waals surface area contributed by atoms with Crippen molar-refractivity contribution >= 4 is 16.7 Å². The van der Waals surface area contributed by atoms with E-state index in [-0.39, 0.29) is 12.0 Å². The third-order valence-electron chi connectivity index (χ3n) is 4.22. The number of nitrogens with zero attached hydrogens (tertiary/aromatic N) is 3. The second kappa shape index (κ2) is 6.38. The Hall–Kier alpha value is -3.00. The zero-order valence-corrected chi connectivity index (χ0v) is 14.8. The number of aromatic amines is 1. The molecule has 0 aliphatic carbocycles. The molecule has 3 rings (SSSR count). The molecular formula is C18H20N4O4. The normalized spacial score (nSPS) is 13.1. The van der Waals surface area contributed by atoms with Crippen LogP contribution in [0, 0.1) is 15.5 Å². The summed E-state index contributed by atoms with van der Waals surface area (Å²) in [6.45, 7) is 5.88. The Bertz CT molecular complexity index is 1030. The molecule has 0 fully saturated rings. The van der Waals surface area contributed by atoms with Gasteiger partial charge < -0.3 is 14.7 Å². The lowest BCUT2D eigenvalue weighted by atomic mass is 9.84. The number of para-hydroxylation sites is 1. The van der Waals surface area contributed by atoms with Gasteiger partial charge in [-0.2, -0.15) is 0 Å². The highest BCUT2D eigenvalue weighted by Gasteiger charge is 2.26. The van der Waals surface area contributed by atoms with Crippen molar-refractivity contribution in [3.63, 3.8) is 0 Å². The highest BCUT2D eigenvalue weighted by molar-refractivity contribution is 5.79. The zero-order chi connectivity index (χ0) is 19.1. The van der Waals surface area contributed by atoms with E-state index in [4.69, 9.17) is 0 Å². The summed E-state index contributed by atoms with van der Waals surface area (Å²) < 4.78 is 1.23. The van der Waals surface area contributed by atoms with Crippen molar-refractivity contribution in [3.8, 4) is 0 Å². The fraction of sp³-hybridized carbons (Fsp3) is 0.333. The number of aliphatic hydroxyl groups is 1. The molecule has 0 aliphatic rings. The van der Waals surface area contributed by atoms with Crippen LogP contribution in [0.1, 0.15) is 38.3 Å². The first-order chi connectivity index (χ1) is 12.2. The predicted octanol–water partition coefficient (Wildman–Crippen LogP) is 2.76. The standard InChI is InChI=1S/C18H20N4O4/c1-18(2,3)16(23)11-6-4-7-12-15(11)20-14(19-12)10-21-9-5-8-13(17(21)24)22(25)26/h4-9,16,23H,10H2,1-3H3,(H,19,20). The Balaban J connectivity index is 2.03. The van der Waals surface area contributed by atoms with Crippen LogP contribution >= 0.6 is 0 Å². The monoisotopic (exact) mass is 356 g/mol. The van der Waals surface area contributed by atoms with Crippen LogP contribution in [0.5, 0.6) is 0 Å². The van der Waals surface area contributed by atoms with Gasteiger partial charge in [-0.3, -0.25) is 14.9 Å². The SMILES string of the molecule is CC(C)(C)C(O)c1cccc2[nH]c(Cn3cccc([N+](=O)[O-])c3=O)nc12. The number of nitrogens with one attached hydrogen (secondary N) is 1. The highest BCUT2D eigenvalue weighted by atomic mass is 16.6. The van der Waals surface area contributed by atoms with Crippen LogP contribution in [0.15, 0.2) is 41.3 Å². The molecule has 8 heteroatoms. The van der Waals surface area contributed by atoms with Crippen LogP contribution in [0.3, 0.4) is 0 Å². The van der Waals surface area contributed by atoms with Gasteiger partial charge in [0.25, 0.3) is 0 Å². The summed E-state index contributed by atoms with van der Waals surface area (Å²) in [5, 5.41) is 21.5. The van der Waals surface area contributed by atoms with E-state index in [0.717, 1.165) is 5.52 Å². The molecule has 1 aromatic carbocycles. The Morgan fingerprint density at radius 2 is 2.04 bits per heavy atom. The molecule has 136 valence electrons. The molecule has 1 atom stereocenters. The van der Waals surface area contributed by atoms with Gasteiger partial charge in [0.15, 0.2) is 0 Å². The number of nitro groups is 1. The van der Waals surface area contributed by atoms with Gasteiger partial charge in [0.2, 0.25) is 0 Å². The molecule has 1 unspecified atom stereocenters. The molecule has 0 aliphatic heterocycles. The molecule has 26 heavy (non-hydrogen) atoms. The van der Waals surface area contributed by atoms with Gasteiger partial charge in [-0.15, -0.1) is 0 Å². The molecule has 2 N–H and O–H groups in total. The van der Waals surface area contributed by atoms with Crippen molar-refractivity contribution in [3.05, 3.63) is 68.4 Å². The minimum Gasteiger partial charge on any atom is -0.388 e. The third kappa shape index (κ3) is 3.23. The van der Waals surface area contributed by atoms with Gasteiger partial charge in [0, 0.05) is 17.8 Å². The number of aromatic nitrogens is 3. The molecule has 2 aromatic heterocycles. The molecule has 3 aromatic rings. The lowest BCUT2D eigenvalue weighted by Gasteiger charge is -2.26. The van der Waals surface area contributed by atoms with Crippen LogP contribution in [-0.4, -0.2) is 24.6 Å². The van der Waals surface area contributed by atoms with E-state index in [2.05, 4.69) is 9.97 Å². The zero-order valence-electron chi connectivity index (χ0n) is 14.8. The van der Waals surface area contributed by atoms with Crippen molar-refractivity contribution in [2.24, 2.45) is 5.41 Å². The Morgan fingerprint density at radius 3 is 2.69 bits per heavy atom. The summed E-state index contributed by atoms with van der Waals surface area (Å²) in [6, 6.07) is 8.11. The highest BCUT2D eigenvalue weighted by Crippen LogP contribution is 2.35. The number of fused-ring (bicyclic) bond motifs is 1. The molecule has 0 bridgehead atoms. The van der Waals surface area contributed by atoms with Crippen LogP contribution in [0.2, 0.25) is 0 Å². The number of benzene rings is 1. The number of hydrogen-bond acceptors (Lipinski definition) is 5. The quantitative estimate of drug-likeness (QED) is 0.551. The van der Waals surface area contributed by atoms with E-state index < -0.39 is 22.3 Å². The largest absolute Gasteiger partial charge is 0.388 e. The van der Waals surface area contributed by atoms with E-state index >= 15 is 0 Å². The summed E-state index contributed by atoms with van der Waals surface area (Å²) in [7, 11) is 0. The maximum Gasteiger partial charge on any atom is 0.334 e. The Kier molecular flexibility index (Phi) is 4.37. The van der Waals surface area contributed by atoms with Crippen LogP contribution in [0.4, 0.5) is 5.69 Å². The van der Waals surface area contributed by atoms with Crippen molar-refractivity contribution < 1.29 is 10.0 Å². The molecule has 0 saturated heterocycles. The van der Waals surface area contributed by atoms with Gasteiger partial charge in [0.05, 0.1) is 28.6 Å². The minimum atomic E-state index is -0.706. The number of aliphatic hydroxyl groups excluding tert-OH is 1. The lowest BCUT2D eigenvalue weighted by molar-refractivity contribution is -0.386. The number of hydrogen-bond donors (Lipinski definition) is 2. The van der Waals surface area contributed by atoms with E-state index in [1.54, 1.807) is 0 Å². The molecule has 8 nitrogen and oxygen atoms in total. The summed E-state index contributed by atoms with van der Waals surface area (Å²) in [6.07, 6.45) is 0.774. The van der Waals surface area contributed by atoms with Crippen molar-refractivity contribution in [2.75, 3.05) is 0 Å². The second-order valence-electron chi connectivity index (χ2n) is 7.28. The molecular weight excluding hydrogens is 336 g/mol. The summed E-state index contributed by atoms with van der Waals surface area (Å²) >= 11 is 0. The first-order valence-electron chi connectivity index (χ1n) is 8.18. The average molecular weight is 356 g/mol. The van der Waals surface area contributed by atoms with Crippen molar-refractivity contribution in [1.82, 2.24) is 14.5 Å². The van der Waals surface area contributed by atoms with Crippen LogP contribution in [-0.2, 0) is 6.54 Å². The minimum absolute atomic E-state index is 0.0697.